The van der Waals surface area contributed by atoms with Crippen molar-refractivity contribution in [3.63, 3.8) is 0 Å². The Balaban J connectivity index is 2.22. The molecule has 2 nitrogen and oxygen atoms in total. The van der Waals surface area contributed by atoms with Gasteiger partial charge in [-0.15, -0.1) is 0 Å². The van der Waals surface area contributed by atoms with Gasteiger partial charge in [-0.05, 0) is 11.6 Å². The molecule has 1 aliphatic rings. The molecule has 1 N–H and O–H groups in total. The van der Waals surface area contributed by atoms with E-state index in [0.717, 1.165) is 33.3 Å². The maximum atomic E-state index is 12.2. The molecule has 3 aromatic rings. The highest BCUT2D eigenvalue weighted by Gasteiger charge is 2.29. The van der Waals surface area contributed by atoms with Crippen molar-refractivity contribution < 1.29 is 4.79 Å². The smallest absolute Gasteiger partial charge is 0.210 e. The minimum atomic E-state index is 0.104. The Kier molecular flexibility index (Phi) is 1.47. The van der Waals surface area contributed by atoms with Gasteiger partial charge in [-0.25, -0.2) is 0 Å². The van der Waals surface area contributed by atoms with Gasteiger partial charge >= 0.3 is 0 Å². The normalized spacial score (nSPS) is 12.8. The molecule has 0 unspecified atom stereocenters. The standard InChI is InChI=1S/C15H9NO/c17-15-10-6-2-1-5-9(10)13-11-7-3-4-8-12(11)16-14(13)15/h1-8,16H. The Labute approximate surface area is 97.9 Å². The number of ketones is 1. The van der Waals surface area contributed by atoms with Crippen molar-refractivity contribution in [2.24, 2.45) is 0 Å². The molecule has 0 atom stereocenters. The zero-order valence-corrected chi connectivity index (χ0v) is 9.03. The number of H-pyrrole nitrogens is 1. The quantitative estimate of drug-likeness (QED) is 0.483. The molecule has 0 amide bonds. The average molecular weight is 219 g/mol. The molecule has 0 aliphatic heterocycles. The van der Waals surface area contributed by atoms with E-state index in [1.54, 1.807) is 0 Å². The van der Waals surface area contributed by atoms with Crippen molar-refractivity contribution in [2.75, 3.05) is 0 Å². The first-order valence-corrected chi connectivity index (χ1v) is 5.61. The van der Waals surface area contributed by atoms with Gasteiger partial charge in [0, 0.05) is 22.0 Å². The second-order valence-corrected chi connectivity index (χ2v) is 4.30. The predicted octanol–water partition coefficient (Wildman–Crippen LogP) is 3.38. The minimum absolute atomic E-state index is 0.104. The second-order valence-electron chi connectivity index (χ2n) is 4.30. The minimum Gasteiger partial charge on any atom is -0.351 e. The third-order valence-corrected chi connectivity index (χ3v) is 3.37. The van der Waals surface area contributed by atoms with Crippen LogP contribution >= 0.6 is 0 Å². The molecule has 0 radical (unpaired) electrons. The van der Waals surface area contributed by atoms with Crippen LogP contribution in [0.5, 0.6) is 0 Å². The molecular weight excluding hydrogens is 210 g/mol. The zero-order chi connectivity index (χ0) is 11.4. The van der Waals surface area contributed by atoms with Crippen molar-refractivity contribution in [3.05, 3.63) is 59.8 Å². The van der Waals surface area contributed by atoms with Crippen LogP contribution in [-0.2, 0) is 0 Å². The Morgan fingerprint density at radius 3 is 2.41 bits per heavy atom. The number of hydrogen-bond donors (Lipinski definition) is 1. The molecule has 17 heavy (non-hydrogen) atoms. The number of para-hydroxylation sites is 1. The number of hydrogen-bond acceptors (Lipinski definition) is 1. The van der Waals surface area contributed by atoms with Gasteiger partial charge in [0.15, 0.2) is 0 Å². The van der Waals surface area contributed by atoms with E-state index in [4.69, 9.17) is 0 Å². The largest absolute Gasteiger partial charge is 0.351 e. The molecule has 0 fully saturated rings. The molecule has 0 bridgehead atoms. The lowest BCUT2D eigenvalue weighted by molar-refractivity contribution is 0.103. The number of nitrogens with one attached hydrogen (secondary N) is 1. The Morgan fingerprint density at radius 2 is 1.53 bits per heavy atom. The van der Waals surface area contributed by atoms with Gasteiger partial charge in [0.1, 0.15) is 0 Å². The highest BCUT2D eigenvalue weighted by Crippen LogP contribution is 2.40. The molecule has 0 saturated carbocycles. The fourth-order valence-corrected chi connectivity index (χ4v) is 2.63. The summed E-state index contributed by atoms with van der Waals surface area (Å²) in [5.74, 6) is 0.104. The van der Waals surface area contributed by atoms with Crippen LogP contribution < -0.4 is 0 Å². The summed E-state index contributed by atoms with van der Waals surface area (Å²) in [5.41, 5.74) is 4.67. The number of carbonyl (C=O) groups is 1. The highest BCUT2D eigenvalue weighted by atomic mass is 16.1. The van der Waals surface area contributed by atoms with Crippen molar-refractivity contribution in [1.82, 2.24) is 4.98 Å². The molecule has 1 heterocycles. The first-order valence-electron chi connectivity index (χ1n) is 5.61. The fourth-order valence-electron chi connectivity index (χ4n) is 2.63. The van der Waals surface area contributed by atoms with E-state index in [1.165, 1.54) is 0 Å². The van der Waals surface area contributed by atoms with Crippen molar-refractivity contribution >= 4 is 16.7 Å². The van der Waals surface area contributed by atoms with Crippen LogP contribution in [0.4, 0.5) is 0 Å². The number of benzene rings is 2. The topological polar surface area (TPSA) is 32.9 Å². The molecule has 2 heteroatoms. The SMILES string of the molecule is O=C1c2ccccc2-c2c1[nH]c1ccccc21. The highest BCUT2D eigenvalue weighted by molar-refractivity contribution is 6.25. The van der Waals surface area contributed by atoms with E-state index in [2.05, 4.69) is 11.1 Å². The Morgan fingerprint density at radius 1 is 0.824 bits per heavy atom. The van der Waals surface area contributed by atoms with E-state index in [9.17, 15) is 4.79 Å². The summed E-state index contributed by atoms with van der Waals surface area (Å²) in [4.78, 5) is 15.4. The van der Waals surface area contributed by atoms with E-state index in [-0.39, 0.29) is 5.78 Å². The summed E-state index contributed by atoms with van der Waals surface area (Å²) in [6.07, 6.45) is 0. The maximum Gasteiger partial charge on any atom is 0.210 e. The number of rotatable bonds is 0. The number of aromatic nitrogens is 1. The summed E-state index contributed by atoms with van der Waals surface area (Å²) >= 11 is 0. The van der Waals surface area contributed by atoms with E-state index < -0.39 is 0 Å². The molecular formula is C15H9NO. The van der Waals surface area contributed by atoms with Crippen molar-refractivity contribution in [3.8, 4) is 11.1 Å². The van der Waals surface area contributed by atoms with Gasteiger partial charge in [0.05, 0.1) is 5.69 Å². The molecule has 0 spiro atoms. The average Bonchev–Trinajstić information content (AvgIpc) is 2.88. The van der Waals surface area contributed by atoms with Crippen molar-refractivity contribution in [2.45, 2.75) is 0 Å². The summed E-state index contributed by atoms with van der Waals surface area (Å²) in [6, 6.07) is 15.8. The molecule has 0 saturated heterocycles. The van der Waals surface area contributed by atoms with Crippen molar-refractivity contribution in [1.29, 1.82) is 0 Å². The van der Waals surface area contributed by atoms with Gasteiger partial charge in [0.25, 0.3) is 0 Å². The van der Waals surface area contributed by atoms with Crippen LogP contribution in [0.3, 0.4) is 0 Å². The van der Waals surface area contributed by atoms with Gasteiger partial charge in [0.2, 0.25) is 5.78 Å². The summed E-state index contributed by atoms with van der Waals surface area (Å²) in [7, 11) is 0. The Hall–Kier alpha value is -2.35. The first kappa shape index (κ1) is 8.76. The van der Waals surface area contributed by atoms with Crippen LogP contribution in [0.15, 0.2) is 48.5 Å². The third-order valence-electron chi connectivity index (χ3n) is 3.37. The van der Waals surface area contributed by atoms with Gasteiger partial charge in [-0.1, -0.05) is 42.5 Å². The van der Waals surface area contributed by atoms with E-state index >= 15 is 0 Å². The first-order chi connectivity index (χ1) is 8.36. The second kappa shape index (κ2) is 2.86. The van der Waals surface area contributed by atoms with Crippen LogP contribution in [-0.4, -0.2) is 10.8 Å². The number of carbonyl (C=O) groups excluding carboxylic acids is 1. The van der Waals surface area contributed by atoms with Gasteiger partial charge in [-0.3, -0.25) is 4.79 Å². The lowest BCUT2D eigenvalue weighted by Gasteiger charge is -1.98. The van der Waals surface area contributed by atoms with Crippen LogP contribution in [0.2, 0.25) is 0 Å². The third kappa shape index (κ3) is 0.972. The van der Waals surface area contributed by atoms with Crippen LogP contribution in [0, 0.1) is 0 Å². The fraction of sp³-hybridized carbons (Fsp3) is 0. The molecule has 80 valence electrons. The van der Waals surface area contributed by atoms with E-state index in [1.807, 2.05) is 42.5 Å². The predicted molar refractivity (Wildman–Crippen MR) is 67.2 cm³/mol. The molecule has 1 aromatic heterocycles. The monoisotopic (exact) mass is 219 g/mol. The van der Waals surface area contributed by atoms with Crippen LogP contribution in [0.1, 0.15) is 16.1 Å². The summed E-state index contributed by atoms with van der Waals surface area (Å²) in [6.45, 7) is 0. The van der Waals surface area contributed by atoms with Gasteiger partial charge < -0.3 is 4.98 Å². The summed E-state index contributed by atoms with van der Waals surface area (Å²) in [5, 5.41) is 1.13. The number of fused-ring (bicyclic) bond motifs is 5. The number of aromatic amines is 1. The van der Waals surface area contributed by atoms with Crippen LogP contribution in [0.25, 0.3) is 22.0 Å². The summed E-state index contributed by atoms with van der Waals surface area (Å²) < 4.78 is 0. The molecule has 1 aliphatic carbocycles. The molecule has 2 aromatic carbocycles. The lowest BCUT2D eigenvalue weighted by atomic mass is 10.0. The van der Waals surface area contributed by atoms with Gasteiger partial charge in [-0.2, -0.15) is 0 Å². The maximum absolute atomic E-state index is 12.2. The zero-order valence-electron chi connectivity index (χ0n) is 9.03. The lowest BCUT2D eigenvalue weighted by Crippen LogP contribution is -1.95. The Bertz CT molecular complexity index is 767. The van der Waals surface area contributed by atoms with E-state index in [0.29, 0.717) is 0 Å². The molecule has 4 rings (SSSR count).